The van der Waals surface area contributed by atoms with Crippen LogP contribution in [0.1, 0.15) is 52.4 Å². The van der Waals surface area contributed by atoms with E-state index in [-0.39, 0.29) is 11.9 Å². The molecule has 4 aromatic rings. The van der Waals surface area contributed by atoms with Gasteiger partial charge in [0.15, 0.2) is 0 Å². The first-order valence-corrected chi connectivity index (χ1v) is 12.3. The number of ether oxygens (including phenoxy) is 1. The fraction of sp³-hybridized carbons (Fsp3) is 0.296. The number of thiophene rings is 1. The molecular formula is C27H28N2O3S. The predicted octanol–water partition coefficient (Wildman–Crippen LogP) is 6.29. The summed E-state index contributed by atoms with van der Waals surface area (Å²) < 4.78 is 12.1. The van der Waals surface area contributed by atoms with Crippen molar-refractivity contribution in [1.29, 1.82) is 0 Å². The molecular weight excluding hydrogens is 432 g/mol. The minimum atomic E-state index is -0.124. The summed E-state index contributed by atoms with van der Waals surface area (Å²) in [5.74, 6) is 1.11. The van der Waals surface area contributed by atoms with Crippen molar-refractivity contribution in [1.82, 2.24) is 4.90 Å². The Kier molecular flexibility index (Phi) is 6.31. The molecule has 1 saturated heterocycles. The summed E-state index contributed by atoms with van der Waals surface area (Å²) in [4.78, 5) is 16.1. The van der Waals surface area contributed by atoms with Gasteiger partial charge in [0.1, 0.15) is 11.3 Å². The van der Waals surface area contributed by atoms with Gasteiger partial charge in [-0.25, -0.2) is 0 Å². The molecule has 1 atom stereocenters. The number of nitrogens with one attached hydrogen (secondary N) is 1. The summed E-state index contributed by atoms with van der Waals surface area (Å²) in [6.45, 7) is 7.35. The number of fused-ring (bicyclic) bond motifs is 1. The highest BCUT2D eigenvalue weighted by Gasteiger charge is 2.31. The first-order valence-electron chi connectivity index (χ1n) is 11.4. The highest BCUT2D eigenvalue weighted by atomic mass is 32.1. The van der Waals surface area contributed by atoms with E-state index in [1.807, 2.05) is 41.8 Å². The van der Waals surface area contributed by atoms with E-state index in [9.17, 15) is 4.79 Å². The monoisotopic (exact) mass is 460 g/mol. The lowest BCUT2D eigenvalue weighted by Crippen LogP contribution is -2.39. The molecule has 33 heavy (non-hydrogen) atoms. The van der Waals surface area contributed by atoms with E-state index in [0.717, 1.165) is 41.1 Å². The van der Waals surface area contributed by atoms with Gasteiger partial charge >= 0.3 is 0 Å². The minimum absolute atomic E-state index is 0.117. The maximum atomic E-state index is 13.0. The smallest absolute Gasteiger partial charge is 0.265 e. The van der Waals surface area contributed by atoms with Crippen LogP contribution in [-0.2, 0) is 4.74 Å². The molecule has 0 radical (unpaired) electrons. The number of morpholine rings is 1. The minimum Gasteiger partial charge on any atom is -0.457 e. The van der Waals surface area contributed by atoms with Gasteiger partial charge in [0, 0.05) is 18.5 Å². The van der Waals surface area contributed by atoms with E-state index in [4.69, 9.17) is 9.15 Å². The number of furan rings is 1. The van der Waals surface area contributed by atoms with Crippen LogP contribution < -0.4 is 5.32 Å². The number of hydrogen-bond acceptors (Lipinski definition) is 5. The third kappa shape index (κ3) is 4.47. The van der Waals surface area contributed by atoms with Crippen molar-refractivity contribution in [2.24, 2.45) is 0 Å². The Morgan fingerprint density at radius 3 is 2.39 bits per heavy atom. The van der Waals surface area contributed by atoms with Crippen LogP contribution >= 0.6 is 11.3 Å². The number of hydrogen-bond donors (Lipinski definition) is 1. The quantitative estimate of drug-likeness (QED) is 0.367. The SMILES string of the molecule is CC(C)c1ccc([C@@H](c2oc3ccccc3c2NC(=O)c2cccs2)N2CCOCC2)cc1. The number of rotatable bonds is 6. The maximum Gasteiger partial charge on any atom is 0.265 e. The van der Waals surface area contributed by atoms with Crippen molar-refractivity contribution in [2.45, 2.75) is 25.8 Å². The second kappa shape index (κ2) is 9.51. The zero-order valence-corrected chi connectivity index (χ0v) is 19.7. The molecule has 0 bridgehead atoms. The Labute approximate surface area is 198 Å². The van der Waals surface area contributed by atoms with E-state index in [2.05, 4.69) is 48.3 Å². The van der Waals surface area contributed by atoms with E-state index >= 15 is 0 Å². The van der Waals surface area contributed by atoms with Gasteiger partial charge in [-0.05, 0) is 40.6 Å². The van der Waals surface area contributed by atoms with Gasteiger partial charge in [0.2, 0.25) is 0 Å². The van der Waals surface area contributed by atoms with Gasteiger partial charge in [0.05, 0.1) is 29.8 Å². The Morgan fingerprint density at radius 1 is 0.970 bits per heavy atom. The topological polar surface area (TPSA) is 54.7 Å². The number of carbonyl (C=O) groups is 1. The standard InChI is InChI=1S/C27H28N2O3S/c1-18(2)19-9-11-20(12-10-19)25(29-13-15-31-16-14-29)26-24(21-6-3-4-7-22(21)32-26)28-27(30)23-8-5-17-33-23/h3-12,17-18,25H,13-16H2,1-2H3,(H,28,30)/t25-/m0/s1. The van der Waals surface area contributed by atoms with Crippen molar-refractivity contribution < 1.29 is 13.9 Å². The average Bonchev–Trinajstić information content (AvgIpc) is 3.50. The summed E-state index contributed by atoms with van der Waals surface area (Å²) in [6, 6.07) is 20.3. The van der Waals surface area contributed by atoms with E-state index < -0.39 is 0 Å². The summed E-state index contributed by atoms with van der Waals surface area (Å²) in [7, 11) is 0. The van der Waals surface area contributed by atoms with Crippen LogP contribution in [-0.4, -0.2) is 37.1 Å². The summed E-state index contributed by atoms with van der Waals surface area (Å²) >= 11 is 1.43. The zero-order chi connectivity index (χ0) is 22.8. The number of carbonyl (C=O) groups excluding carboxylic acids is 1. The lowest BCUT2D eigenvalue weighted by Gasteiger charge is -2.34. The molecule has 0 saturated carbocycles. The van der Waals surface area contributed by atoms with Gasteiger partial charge in [-0.3, -0.25) is 9.69 Å². The average molecular weight is 461 g/mol. The molecule has 2 aromatic heterocycles. The molecule has 2 aromatic carbocycles. The van der Waals surface area contributed by atoms with Gasteiger partial charge in [0.25, 0.3) is 5.91 Å². The Morgan fingerprint density at radius 2 is 1.70 bits per heavy atom. The molecule has 5 rings (SSSR count). The number of amides is 1. The fourth-order valence-corrected chi connectivity index (χ4v) is 5.01. The molecule has 3 heterocycles. The second-order valence-electron chi connectivity index (χ2n) is 8.64. The normalized spacial score (nSPS) is 15.7. The summed E-state index contributed by atoms with van der Waals surface area (Å²) in [6.07, 6.45) is 0. The van der Waals surface area contributed by atoms with Crippen LogP contribution in [0.2, 0.25) is 0 Å². The third-order valence-corrected chi connectivity index (χ3v) is 7.05. The number of nitrogens with zero attached hydrogens (tertiary/aromatic N) is 1. The fourth-order valence-electron chi connectivity index (χ4n) is 4.40. The molecule has 0 unspecified atom stereocenters. The van der Waals surface area contributed by atoms with Crippen LogP contribution in [0.3, 0.4) is 0 Å². The van der Waals surface area contributed by atoms with Crippen molar-refractivity contribution >= 4 is 33.9 Å². The van der Waals surface area contributed by atoms with Crippen molar-refractivity contribution in [3.63, 3.8) is 0 Å². The number of anilines is 1. The van der Waals surface area contributed by atoms with Gasteiger partial charge in [-0.15, -0.1) is 11.3 Å². The van der Waals surface area contributed by atoms with Crippen molar-refractivity contribution in [3.05, 3.63) is 87.8 Å². The molecule has 1 aliphatic heterocycles. The molecule has 5 nitrogen and oxygen atoms in total. The lowest BCUT2D eigenvalue weighted by atomic mass is 9.96. The molecule has 6 heteroatoms. The van der Waals surface area contributed by atoms with Crippen molar-refractivity contribution in [2.75, 3.05) is 31.6 Å². The van der Waals surface area contributed by atoms with Crippen LogP contribution in [0, 0.1) is 0 Å². The summed E-state index contributed by atoms with van der Waals surface area (Å²) in [5, 5.41) is 6.00. The van der Waals surface area contributed by atoms with Crippen molar-refractivity contribution in [3.8, 4) is 0 Å². The maximum absolute atomic E-state index is 13.0. The van der Waals surface area contributed by atoms with Crippen LogP contribution in [0.4, 0.5) is 5.69 Å². The van der Waals surface area contributed by atoms with E-state index in [0.29, 0.717) is 24.0 Å². The number of para-hydroxylation sites is 1. The lowest BCUT2D eigenvalue weighted by molar-refractivity contribution is 0.0206. The molecule has 1 aliphatic rings. The van der Waals surface area contributed by atoms with Crippen LogP contribution in [0.5, 0.6) is 0 Å². The Hall–Kier alpha value is -2.93. The highest BCUT2D eigenvalue weighted by Crippen LogP contribution is 2.41. The molecule has 170 valence electrons. The third-order valence-electron chi connectivity index (χ3n) is 6.18. The molecule has 0 aliphatic carbocycles. The van der Waals surface area contributed by atoms with Crippen LogP contribution in [0.25, 0.3) is 11.0 Å². The van der Waals surface area contributed by atoms with Gasteiger partial charge in [-0.2, -0.15) is 0 Å². The number of benzene rings is 2. The first kappa shape index (κ1) is 21.9. The van der Waals surface area contributed by atoms with Gasteiger partial charge < -0.3 is 14.5 Å². The molecule has 1 N–H and O–H groups in total. The zero-order valence-electron chi connectivity index (χ0n) is 18.9. The molecule has 1 amide bonds. The van der Waals surface area contributed by atoms with Crippen LogP contribution in [0.15, 0.2) is 70.5 Å². The molecule has 0 spiro atoms. The van der Waals surface area contributed by atoms with E-state index in [1.165, 1.54) is 16.9 Å². The molecule has 1 fully saturated rings. The first-order chi connectivity index (χ1) is 16.1. The van der Waals surface area contributed by atoms with E-state index in [1.54, 1.807) is 0 Å². The highest BCUT2D eigenvalue weighted by molar-refractivity contribution is 7.12. The Bertz CT molecular complexity index is 1220. The van der Waals surface area contributed by atoms with Gasteiger partial charge in [-0.1, -0.05) is 56.3 Å². The predicted molar refractivity (Wildman–Crippen MR) is 133 cm³/mol. The second-order valence-corrected chi connectivity index (χ2v) is 9.59. The largest absolute Gasteiger partial charge is 0.457 e. The summed E-state index contributed by atoms with van der Waals surface area (Å²) in [5.41, 5.74) is 3.96. The Balaban J connectivity index is 1.62.